The lowest BCUT2D eigenvalue weighted by Gasteiger charge is -2.27. The van der Waals surface area contributed by atoms with Gasteiger partial charge in [-0.15, -0.1) is 0 Å². The summed E-state index contributed by atoms with van der Waals surface area (Å²) in [5.74, 6) is 2.10. The number of rotatable bonds is 6. The standard InChI is InChI=1S/C24H34N2O/c1-22(2,3)21-13-11-19(27-21)17-23(4,5)20-12-10-18(25-20)16-24(6,7)26-14-8-9-15-26/h8-15,25H,16-17H2,1-7H3. The first-order chi connectivity index (χ1) is 12.5. The predicted molar refractivity (Wildman–Crippen MR) is 112 cm³/mol. The van der Waals surface area contributed by atoms with Gasteiger partial charge in [-0.25, -0.2) is 0 Å². The Morgan fingerprint density at radius 1 is 0.852 bits per heavy atom. The van der Waals surface area contributed by atoms with Crippen LogP contribution < -0.4 is 0 Å². The van der Waals surface area contributed by atoms with Gasteiger partial charge in [-0.1, -0.05) is 34.6 Å². The van der Waals surface area contributed by atoms with Crippen molar-refractivity contribution in [3.8, 4) is 0 Å². The molecule has 0 saturated carbocycles. The number of hydrogen-bond acceptors (Lipinski definition) is 1. The van der Waals surface area contributed by atoms with E-state index in [1.165, 1.54) is 11.4 Å². The average Bonchev–Trinajstić information content (AvgIpc) is 3.27. The fraction of sp³-hybridized carbons (Fsp3) is 0.500. The third-order valence-electron chi connectivity index (χ3n) is 5.42. The van der Waals surface area contributed by atoms with Gasteiger partial charge < -0.3 is 14.0 Å². The number of aromatic amines is 1. The summed E-state index contributed by atoms with van der Waals surface area (Å²) in [5, 5.41) is 0. The van der Waals surface area contributed by atoms with Crippen molar-refractivity contribution in [2.75, 3.05) is 0 Å². The molecule has 0 amide bonds. The molecule has 0 unspecified atom stereocenters. The van der Waals surface area contributed by atoms with Crippen molar-refractivity contribution in [2.24, 2.45) is 0 Å². The summed E-state index contributed by atoms with van der Waals surface area (Å²) >= 11 is 0. The maximum absolute atomic E-state index is 6.12. The maximum Gasteiger partial charge on any atom is 0.109 e. The van der Waals surface area contributed by atoms with Crippen LogP contribution in [0, 0.1) is 0 Å². The zero-order chi connectivity index (χ0) is 19.9. The summed E-state index contributed by atoms with van der Waals surface area (Å²) in [6.45, 7) is 15.7. The van der Waals surface area contributed by atoms with Crippen LogP contribution in [0.25, 0.3) is 0 Å². The molecule has 3 heterocycles. The SMILES string of the molecule is CC(C)(C)c1ccc(CC(C)(C)c2ccc(CC(C)(C)n3cccc3)[nH]2)o1. The second kappa shape index (κ2) is 6.78. The lowest BCUT2D eigenvalue weighted by Crippen LogP contribution is -2.28. The van der Waals surface area contributed by atoms with Crippen molar-refractivity contribution in [3.63, 3.8) is 0 Å². The van der Waals surface area contributed by atoms with E-state index in [1.807, 2.05) is 0 Å². The molecule has 3 aromatic rings. The Labute approximate surface area is 163 Å². The van der Waals surface area contributed by atoms with E-state index in [0.29, 0.717) is 0 Å². The fourth-order valence-corrected chi connectivity index (χ4v) is 3.64. The topological polar surface area (TPSA) is 33.9 Å². The lowest BCUT2D eigenvalue weighted by molar-refractivity contribution is 0.348. The molecule has 146 valence electrons. The normalized spacial score (nSPS) is 13.3. The minimum absolute atomic E-state index is 0.0111. The van der Waals surface area contributed by atoms with Crippen LogP contribution in [0.4, 0.5) is 0 Å². The van der Waals surface area contributed by atoms with Crippen molar-refractivity contribution >= 4 is 0 Å². The highest BCUT2D eigenvalue weighted by Gasteiger charge is 2.27. The third kappa shape index (κ3) is 4.40. The number of furan rings is 1. The highest BCUT2D eigenvalue weighted by Crippen LogP contribution is 2.31. The number of hydrogen-bond donors (Lipinski definition) is 1. The summed E-state index contributed by atoms with van der Waals surface area (Å²) in [6.07, 6.45) is 6.12. The monoisotopic (exact) mass is 366 g/mol. The van der Waals surface area contributed by atoms with E-state index in [4.69, 9.17) is 4.42 Å². The van der Waals surface area contributed by atoms with Crippen molar-refractivity contribution in [3.05, 3.63) is 71.7 Å². The second-order valence-electron chi connectivity index (χ2n) is 10.1. The molecule has 1 N–H and O–H groups in total. The van der Waals surface area contributed by atoms with Crippen LogP contribution in [0.15, 0.2) is 53.2 Å². The lowest BCUT2D eigenvalue weighted by atomic mass is 9.85. The molecule has 3 aromatic heterocycles. The summed E-state index contributed by atoms with van der Waals surface area (Å²) in [4.78, 5) is 3.67. The summed E-state index contributed by atoms with van der Waals surface area (Å²) in [6, 6.07) is 12.9. The van der Waals surface area contributed by atoms with Crippen molar-refractivity contribution < 1.29 is 4.42 Å². The van der Waals surface area contributed by atoms with Crippen LogP contribution in [-0.2, 0) is 29.2 Å². The maximum atomic E-state index is 6.12. The van der Waals surface area contributed by atoms with Gasteiger partial charge >= 0.3 is 0 Å². The van der Waals surface area contributed by atoms with E-state index in [-0.39, 0.29) is 16.4 Å². The van der Waals surface area contributed by atoms with Gasteiger partial charge in [0.05, 0.1) is 0 Å². The first kappa shape index (κ1) is 19.6. The molecule has 0 aliphatic heterocycles. The molecule has 0 aromatic carbocycles. The van der Waals surface area contributed by atoms with E-state index in [0.717, 1.165) is 24.4 Å². The molecule has 0 saturated heterocycles. The first-order valence-corrected chi connectivity index (χ1v) is 9.88. The molecule has 0 aliphatic carbocycles. The smallest absolute Gasteiger partial charge is 0.109 e. The quantitative estimate of drug-likeness (QED) is 0.553. The molecule has 0 fully saturated rings. The van der Waals surface area contributed by atoms with Crippen LogP contribution >= 0.6 is 0 Å². The molecule has 0 atom stereocenters. The van der Waals surface area contributed by atoms with E-state index < -0.39 is 0 Å². The molecule has 3 rings (SSSR count). The van der Waals surface area contributed by atoms with E-state index in [9.17, 15) is 0 Å². The van der Waals surface area contributed by atoms with Crippen molar-refractivity contribution in [1.82, 2.24) is 9.55 Å². The van der Waals surface area contributed by atoms with Gasteiger partial charge in [-0.2, -0.15) is 0 Å². The van der Waals surface area contributed by atoms with E-state index in [1.54, 1.807) is 0 Å². The van der Waals surface area contributed by atoms with Gasteiger partial charge in [-0.05, 0) is 50.2 Å². The molecular formula is C24H34N2O. The Balaban J connectivity index is 1.73. The first-order valence-electron chi connectivity index (χ1n) is 9.88. The van der Waals surface area contributed by atoms with Crippen LogP contribution in [0.3, 0.4) is 0 Å². The molecule has 0 bridgehead atoms. The minimum atomic E-state index is -0.0111. The van der Waals surface area contributed by atoms with Gasteiger partial charge in [0.1, 0.15) is 11.5 Å². The molecular weight excluding hydrogens is 332 g/mol. The van der Waals surface area contributed by atoms with Crippen molar-refractivity contribution in [2.45, 2.75) is 77.7 Å². The van der Waals surface area contributed by atoms with Crippen LogP contribution in [0.2, 0.25) is 0 Å². The second-order valence-corrected chi connectivity index (χ2v) is 10.1. The summed E-state index contributed by atoms with van der Waals surface area (Å²) in [7, 11) is 0. The molecule has 0 radical (unpaired) electrons. The van der Waals surface area contributed by atoms with E-state index >= 15 is 0 Å². The fourth-order valence-electron chi connectivity index (χ4n) is 3.64. The van der Waals surface area contributed by atoms with Gasteiger partial charge in [0.2, 0.25) is 0 Å². The number of nitrogens with zero attached hydrogens (tertiary/aromatic N) is 1. The zero-order valence-corrected chi connectivity index (χ0v) is 17.9. The molecule has 0 aliphatic rings. The Kier molecular flexibility index (Phi) is 4.92. The largest absolute Gasteiger partial charge is 0.466 e. The van der Waals surface area contributed by atoms with Gasteiger partial charge in [0.15, 0.2) is 0 Å². The molecule has 27 heavy (non-hydrogen) atoms. The molecule has 3 heteroatoms. The average molecular weight is 367 g/mol. The Bertz CT molecular complexity index is 870. The van der Waals surface area contributed by atoms with Crippen LogP contribution in [-0.4, -0.2) is 9.55 Å². The van der Waals surface area contributed by atoms with Gasteiger partial charge in [0, 0.05) is 53.0 Å². The number of H-pyrrole nitrogens is 1. The Hall–Kier alpha value is -2.16. The van der Waals surface area contributed by atoms with Crippen LogP contribution in [0.1, 0.15) is 71.4 Å². The molecule has 0 spiro atoms. The minimum Gasteiger partial charge on any atom is -0.466 e. The predicted octanol–water partition coefficient (Wildman–Crippen LogP) is 6.20. The molecule has 3 nitrogen and oxygen atoms in total. The van der Waals surface area contributed by atoms with Gasteiger partial charge in [-0.3, -0.25) is 0 Å². The summed E-state index contributed by atoms with van der Waals surface area (Å²) in [5.41, 5.74) is 2.61. The highest BCUT2D eigenvalue weighted by molar-refractivity contribution is 5.25. The highest BCUT2D eigenvalue weighted by atomic mass is 16.3. The number of nitrogens with one attached hydrogen (secondary N) is 1. The van der Waals surface area contributed by atoms with Crippen LogP contribution in [0.5, 0.6) is 0 Å². The van der Waals surface area contributed by atoms with E-state index in [2.05, 4.69) is 107 Å². The Morgan fingerprint density at radius 2 is 1.52 bits per heavy atom. The zero-order valence-electron chi connectivity index (χ0n) is 17.9. The van der Waals surface area contributed by atoms with Gasteiger partial charge in [0.25, 0.3) is 0 Å². The number of aromatic nitrogens is 2. The summed E-state index contributed by atoms with van der Waals surface area (Å²) < 4.78 is 8.40. The third-order valence-corrected chi connectivity index (χ3v) is 5.42. The Morgan fingerprint density at radius 3 is 2.11 bits per heavy atom. The van der Waals surface area contributed by atoms with Crippen molar-refractivity contribution in [1.29, 1.82) is 0 Å².